The van der Waals surface area contributed by atoms with Crippen LogP contribution < -0.4 is 11.1 Å². The Morgan fingerprint density at radius 1 is 1.30 bits per heavy atom. The van der Waals surface area contributed by atoms with Crippen molar-refractivity contribution in [2.75, 3.05) is 18.2 Å². The van der Waals surface area contributed by atoms with Crippen molar-refractivity contribution in [3.05, 3.63) is 32.3 Å². The van der Waals surface area contributed by atoms with E-state index in [1.165, 1.54) is 23.7 Å². The molecular weight excluding hydrogens is 446 g/mol. The van der Waals surface area contributed by atoms with Crippen LogP contribution in [0.15, 0.2) is 16.6 Å². The van der Waals surface area contributed by atoms with Gasteiger partial charge in [-0.25, -0.2) is 4.79 Å². The number of thioether (sulfide) groups is 1. The van der Waals surface area contributed by atoms with Gasteiger partial charge in [0, 0.05) is 22.9 Å². The third-order valence-electron chi connectivity index (χ3n) is 4.17. The molecule has 0 aliphatic heterocycles. The van der Waals surface area contributed by atoms with Crippen molar-refractivity contribution in [2.45, 2.75) is 19.0 Å². The molecule has 0 atom stereocenters. The van der Waals surface area contributed by atoms with Crippen molar-refractivity contribution >= 4 is 57.2 Å². The van der Waals surface area contributed by atoms with Gasteiger partial charge >= 0.3 is 5.97 Å². The molecule has 0 radical (unpaired) electrons. The third-order valence-corrected chi connectivity index (χ3v) is 7.27. The lowest BCUT2D eigenvalue weighted by atomic mass is 10.1. The van der Waals surface area contributed by atoms with Gasteiger partial charge in [0.1, 0.15) is 5.00 Å². The molecule has 3 aromatic rings. The molecular formula is C18H19N5O4S3. The number of nitrogens with one attached hydrogen (secondary N) is 1. The number of hydrogen-bond acceptors (Lipinski definition) is 9. The fourth-order valence-electron chi connectivity index (χ4n) is 2.73. The topological polar surface area (TPSA) is 129 Å². The first kappa shape index (κ1) is 22.0. The number of rotatable bonds is 7. The lowest BCUT2D eigenvalue weighted by Crippen LogP contribution is -2.16. The Kier molecular flexibility index (Phi) is 6.58. The van der Waals surface area contributed by atoms with Crippen molar-refractivity contribution in [2.24, 2.45) is 12.8 Å². The van der Waals surface area contributed by atoms with Gasteiger partial charge in [-0.2, -0.15) is 0 Å². The molecule has 0 bridgehead atoms. The highest BCUT2D eigenvalue weighted by atomic mass is 32.2. The zero-order valence-corrected chi connectivity index (χ0v) is 19.1. The highest BCUT2D eigenvalue weighted by molar-refractivity contribution is 7.99. The average Bonchev–Trinajstić information content (AvgIpc) is 3.37. The second-order valence-corrected chi connectivity index (χ2v) is 9.34. The van der Waals surface area contributed by atoms with Gasteiger partial charge in [-0.1, -0.05) is 11.8 Å². The summed E-state index contributed by atoms with van der Waals surface area (Å²) in [4.78, 5) is 37.5. The van der Waals surface area contributed by atoms with Gasteiger partial charge in [-0.05, 0) is 25.5 Å². The fraction of sp³-hybridized carbons (Fsp3) is 0.278. The zero-order chi connectivity index (χ0) is 22.0. The molecule has 0 aliphatic rings. The van der Waals surface area contributed by atoms with E-state index in [2.05, 4.69) is 15.5 Å². The Hall–Kier alpha value is -2.70. The maximum atomic E-state index is 12.5. The SMILES string of the molecule is COC(=O)c1c(NC(=O)CSc2nnc(-c3csc(C)c3)n2C)sc(C(N)=O)c1C. The largest absolute Gasteiger partial charge is 0.465 e. The molecule has 0 aliphatic carbocycles. The standard InChI is InChI=1S/C18H19N5O4S3/c1-8-5-10(6-28-8)15-21-22-18(23(15)3)29-7-11(24)20-16-12(17(26)27-4)9(2)13(30-16)14(19)25/h5-6H,7H2,1-4H3,(H2,19,25)(H,20,24). The number of nitrogens with zero attached hydrogens (tertiary/aromatic N) is 3. The van der Waals surface area contributed by atoms with Gasteiger partial charge < -0.3 is 20.4 Å². The summed E-state index contributed by atoms with van der Waals surface area (Å²) in [6.07, 6.45) is 0. The van der Waals surface area contributed by atoms with Crippen molar-refractivity contribution in [1.82, 2.24) is 14.8 Å². The summed E-state index contributed by atoms with van der Waals surface area (Å²) in [5.74, 6) is -0.928. The lowest BCUT2D eigenvalue weighted by molar-refractivity contribution is -0.113. The summed E-state index contributed by atoms with van der Waals surface area (Å²) < 4.78 is 6.58. The van der Waals surface area contributed by atoms with Crippen LogP contribution in [0.5, 0.6) is 0 Å². The molecule has 0 unspecified atom stereocenters. The quantitative estimate of drug-likeness (QED) is 0.405. The van der Waals surface area contributed by atoms with Crippen molar-refractivity contribution in [3.8, 4) is 11.4 Å². The first-order valence-corrected chi connectivity index (χ1v) is 11.3. The maximum Gasteiger partial charge on any atom is 0.341 e. The first-order chi connectivity index (χ1) is 14.2. The molecule has 12 heteroatoms. The number of ether oxygens (including phenoxy) is 1. The number of thiophene rings is 2. The van der Waals surface area contributed by atoms with Crippen LogP contribution in [-0.2, 0) is 16.6 Å². The minimum Gasteiger partial charge on any atom is -0.465 e. The second kappa shape index (κ2) is 8.98. The van der Waals surface area contributed by atoms with Crippen LogP contribution in [0.25, 0.3) is 11.4 Å². The number of anilines is 1. The summed E-state index contributed by atoms with van der Waals surface area (Å²) in [5, 5.41) is 13.8. The number of aryl methyl sites for hydroxylation is 1. The molecule has 158 valence electrons. The fourth-order valence-corrected chi connectivity index (χ4v) is 5.19. The van der Waals surface area contributed by atoms with E-state index in [-0.39, 0.29) is 27.1 Å². The lowest BCUT2D eigenvalue weighted by Gasteiger charge is -2.06. The van der Waals surface area contributed by atoms with Crippen molar-refractivity contribution < 1.29 is 19.1 Å². The molecule has 0 saturated carbocycles. The average molecular weight is 466 g/mol. The minimum atomic E-state index is -0.673. The normalized spacial score (nSPS) is 10.8. The Morgan fingerprint density at radius 3 is 2.63 bits per heavy atom. The van der Waals surface area contributed by atoms with Gasteiger partial charge in [0.25, 0.3) is 5.91 Å². The van der Waals surface area contributed by atoms with Crippen LogP contribution in [-0.4, -0.2) is 45.4 Å². The Morgan fingerprint density at radius 2 is 2.03 bits per heavy atom. The molecule has 3 heterocycles. The van der Waals surface area contributed by atoms with Crippen LogP contribution in [0.4, 0.5) is 5.00 Å². The monoisotopic (exact) mass is 465 g/mol. The number of primary amides is 1. The number of aromatic nitrogens is 3. The van der Waals surface area contributed by atoms with E-state index in [0.717, 1.165) is 22.7 Å². The van der Waals surface area contributed by atoms with E-state index in [9.17, 15) is 14.4 Å². The number of amides is 2. The summed E-state index contributed by atoms with van der Waals surface area (Å²) in [5.41, 5.74) is 6.84. The predicted molar refractivity (Wildman–Crippen MR) is 117 cm³/mol. The summed E-state index contributed by atoms with van der Waals surface area (Å²) in [7, 11) is 3.06. The number of carbonyl (C=O) groups excluding carboxylic acids is 3. The molecule has 3 N–H and O–H groups in total. The maximum absolute atomic E-state index is 12.5. The molecule has 3 aromatic heterocycles. The van der Waals surface area contributed by atoms with Crippen molar-refractivity contribution in [3.63, 3.8) is 0 Å². The van der Waals surface area contributed by atoms with E-state index in [1.54, 1.807) is 18.3 Å². The van der Waals surface area contributed by atoms with Crippen molar-refractivity contribution in [1.29, 1.82) is 0 Å². The zero-order valence-electron chi connectivity index (χ0n) is 16.6. The molecule has 2 amide bonds. The third kappa shape index (κ3) is 4.40. The van der Waals surface area contributed by atoms with Gasteiger partial charge in [0.15, 0.2) is 11.0 Å². The molecule has 9 nitrogen and oxygen atoms in total. The molecule has 0 fully saturated rings. The summed E-state index contributed by atoms with van der Waals surface area (Å²) >= 11 is 3.78. The van der Waals surface area contributed by atoms with E-state index < -0.39 is 11.9 Å². The highest BCUT2D eigenvalue weighted by Crippen LogP contribution is 2.34. The molecule has 3 rings (SSSR count). The molecule has 0 spiro atoms. The van der Waals surface area contributed by atoms with Crippen LogP contribution in [0.3, 0.4) is 0 Å². The summed E-state index contributed by atoms with van der Waals surface area (Å²) in [6, 6.07) is 2.03. The Labute approximate surface area is 184 Å². The molecule has 0 aromatic carbocycles. The Balaban J connectivity index is 1.73. The van der Waals surface area contributed by atoms with Crippen LogP contribution in [0.1, 0.15) is 30.5 Å². The summed E-state index contributed by atoms with van der Waals surface area (Å²) in [6.45, 7) is 3.60. The minimum absolute atomic E-state index is 0.0398. The molecule has 30 heavy (non-hydrogen) atoms. The molecule has 0 saturated heterocycles. The van der Waals surface area contributed by atoms with Crippen LogP contribution in [0, 0.1) is 13.8 Å². The smallest absolute Gasteiger partial charge is 0.341 e. The van der Waals surface area contributed by atoms with E-state index in [0.29, 0.717) is 10.7 Å². The van der Waals surface area contributed by atoms with Crippen LogP contribution in [0.2, 0.25) is 0 Å². The van der Waals surface area contributed by atoms with E-state index >= 15 is 0 Å². The second-order valence-electron chi connectivity index (χ2n) is 6.26. The number of hydrogen-bond donors (Lipinski definition) is 2. The Bertz CT molecular complexity index is 1130. The van der Waals surface area contributed by atoms with Gasteiger partial charge in [0.05, 0.1) is 23.3 Å². The van der Waals surface area contributed by atoms with Gasteiger partial charge in [-0.3, -0.25) is 9.59 Å². The van der Waals surface area contributed by atoms with Gasteiger partial charge in [-0.15, -0.1) is 32.9 Å². The number of nitrogens with two attached hydrogens (primary N) is 1. The van der Waals surface area contributed by atoms with Crippen LogP contribution >= 0.6 is 34.4 Å². The number of esters is 1. The predicted octanol–water partition coefficient (Wildman–Crippen LogP) is 2.84. The highest BCUT2D eigenvalue weighted by Gasteiger charge is 2.25. The van der Waals surface area contributed by atoms with E-state index in [4.69, 9.17) is 10.5 Å². The first-order valence-electron chi connectivity index (χ1n) is 8.62. The van der Waals surface area contributed by atoms with Gasteiger partial charge in [0.2, 0.25) is 5.91 Å². The van der Waals surface area contributed by atoms with E-state index in [1.807, 2.05) is 30.0 Å². The number of methoxy groups -OCH3 is 1. The number of carbonyl (C=O) groups is 3.